The summed E-state index contributed by atoms with van der Waals surface area (Å²) in [4.78, 5) is 13.9. The molecule has 2 saturated heterocycles. The van der Waals surface area contributed by atoms with Gasteiger partial charge in [0, 0.05) is 32.2 Å². The number of rotatable bonds is 2. The maximum atomic E-state index is 11.5. The second-order valence-corrected chi connectivity index (χ2v) is 5.04. The van der Waals surface area contributed by atoms with Gasteiger partial charge in [0.15, 0.2) is 0 Å². The molecule has 0 radical (unpaired) electrons. The van der Waals surface area contributed by atoms with Gasteiger partial charge in [-0.1, -0.05) is 0 Å². The minimum Gasteiger partial charge on any atom is -0.396 e. The molecule has 0 saturated carbocycles. The quantitative estimate of drug-likeness (QED) is 0.715. The number of carbonyl (C=O) groups is 1. The van der Waals surface area contributed by atoms with Crippen LogP contribution < -0.4 is 5.32 Å². The first-order chi connectivity index (χ1) is 7.79. The van der Waals surface area contributed by atoms with Gasteiger partial charge in [0.2, 0.25) is 5.91 Å². The molecule has 0 spiro atoms. The van der Waals surface area contributed by atoms with Crippen molar-refractivity contribution in [3.63, 3.8) is 0 Å². The largest absolute Gasteiger partial charge is 0.396 e. The molecule has 1 amide bonds. The Labute approximate surface area is 97.0 Å². The predicted molar refractivity (Wildman–Crippen MR) is 62.0 cm³/mol. The van der Waals surface area contributed by atoms with E-state index in [4.69, 9.17) is 0 Å². The Kier molecular flexibility index (Phi) is 4.18. The van der Waals surface area contributed by atoms with Crippen LogP contribution in [-0.4, -0.2) is 48.2 Å². The Hall–Kier alpha value is -0.610. The average Bonchev–Trinajstić information content (AvgIpc) is 2.54. The number of piperidine rings is 1. The first-order valence-electron chi connectivity index (χ1n) is 6.41. The Bertz CT molecular complexity index is 245. The van der Waals surface area contributed by atoms with E-state index in [1.165, 1.54) is 0 Å². The fourth-order valence-electron chi connectivity index (χ4n) is 2.84. The van der Waals surface area contributed by atoms with Crippen molar-refractivity contribution in [3.05, 3.63) is 0 Å². The van der Waals surface area contributed by atoms with Gasteiger partial charge in [-0.3, -0.25) is 9.69 Å². The van der Waals surface area contributed by atoms with Crippen molar-refractivity contribution < 1.29 is 9.90 Å². The van der Waals surface area contributed by atoms with Crippen LogP contribution in [0.1, 0.15) is 32.1 Å². The summed E-state index contributed by atoms with van der Waals surface area (Å²) in [6, 6.07) is 0.400. The van der Waals surface area contributed by atoms with E-state index in [0.29, 0.717) is 18.4 Å². The molecule has 2 fully saturated rings. The molecule has 16 heavy (non-hydrogen) atoms. The van der Waals surface area contributed by atoms with Crippen LogP contribution in [0.5, 0.6) is 0 Å². The minimum absolute atomic E-state index is 0.189. The zero-order valence-corrected chi connectivity index (χ0v) is 9.82. The Balaban J connectivity index is 1.91. The lowest BCUT2D eigenvalue weighted by Gasteiger charge is -2.37. The third-order valence-electron chi connectivity index (χ3n) is 3.78. The summed E-state index contributed by atoms with van der Waals surface area (Å²) < 4.78 is 0. The number of amides is 1. The molecule has 4 nitrogen and oxygen atoms in total. The van der Waals surface area contributed by atoms with Gasteiger partial charge in [-0.15, -0.1) is 0 Å². The number of nitrogens with one attached hydrogen (secondary N) is 1. The summed E-state index contributed by atoms with van der Waals surface area (Å²) >= 11 is 0. The molecule has 2 aliphatic heterocycles. The highest BCUT2D eigenvalue weighted by Gasteiger charge is 2.27. The molecule has 2 rings (SSSR count). The van der Waals surface area contributed by atoms with Crippen molar-refractivity contribution in [2.45, 2.75) is 38.1 Å². The summed E-state index contributed by atoms with van der Waals surface area (Å²) in [5.74, 6) is 0.605. The SMILES string of the molecule is O=C1CC(N2CCCC(CO)C2)CCCN1. The molecule has 0 bridgehead atoms. The number of carbonyl (C=O) groups excluding carboxylic acids is 1. The van der Waals surface area contributed by atoms with Gasteiger partial charge in [0.25, 0.3) is 0 Å². The highest BCUT2D eigenvalue weighted by Crippen LogP contribution is 2.22. The van der Waals surface area contributed by atoms with Crippen molar-refractivity contribution in [1.29, 1.82) is 0 Å². The van der Waals surface area contributed by atoms with Gasteiger partial charge in [0.1, 0.15) is 0 Å². The van der Waals surface area contributed by atoms with E-state index in [-0.39, 0.29) is 12.5 Å². The van der Waals surface area contributed by atoms with Crippen molar-refractivity contribution in [3.8, 4) is 0 Å². The molecule has 0 aromatic carbocycles. The second-order valence-electron chi connectivity index (χ2n) is 5.04. The maximum Gasteiger partial charge on any atom is 0.221 e. The van der Waals surface area contributed by atoms with E-state index < -0.39 is 0 Å². The molecule has 0 aromatic rings. The molecule has 4 heteroatoms. The number of aliphatic hydroxyl groups is 1. The van der Waals surface area contributed by atoms with Crippen molar-refractivity contribution in [2.75, 3.05) is 26.2 Å². The smallest absolute Gasteiger partial charge is 0.221 e. The Morgan fingerprint density at radius 3 is 3.06 bits per heavy atom. The molecule has 2 atom stereocenters. The third-order valence-corrected chi connectivity index (χ3v) is 3.78. The zero-order chi connectivity index (χ0) is 11.4. The van der Waals surface area contributed by atoms with Crippen LogP contribution in [0.4, 0.5) is 0 Å². The van der Waals surface area contributed by atoms with E-state index in [2.05, 4.69) is 10.2 Å². The van der Waals surface area contributed by atoms with Crippen LogP contribution in [0.2, 0.25) is 0 Å². The molecule has 0 aromatic heterocycles. The summed E-state index contributed by atoms with van der Waals surface area (Å²) in [5, 5.41) is 12.1. The second kappa shape index (κ2) is 5.64. The topological polar surface area (TPSA) is 52.6 Å². The zero-order valence-electron chi connectivity index (χ0n) is 9.82. The van der Waals surface area contributed by atoms with E-state index in [9.17, 15) is 9.90 Å². The number of hydrogen-bond donors (Lipinski definition) is 2. The predicted octanol–water partition coefficient (Wildman–Crippen LogP) is 0.359. The fourth-order valence-corrected chi connectivity index (χ4v) is 2.84. The van der Waals surface area contributed by atoms with Gasteiger partial charge < -0.3 is 10.4 Å². The molecule has 2 heterocycles. The van der Waals surface area contributed by atoms with Gasteiger partial charge in [-0.05, 0) is 38.1 Å². The van der Waals surface area contributed by atoms with E-state index in [1.54, 1.807) is 0 Å². The number of aliphatic hydroxyl groups excluding tert-OH is 1. The van der Waals surface area contributed by atoms with Crippen molar-refractivity contribution in [1.82, 2.24) is 10.2 Å². The van der Waals surface area contributed by atoms with Crippen LogP contribution in [0, 0.1) is 5.92 Å². The third kappa shape index (κ3) is 2.95. The van der Waals surface area contributed by atoms with Gasteiger partial charge in [-0.2, -0.15) is 0 Å². The molecule has 92 valence electrons. The number of hydrogen-bond acceptors (Lipinski definition) is 3. The first-order valence-corrected chi connectivity index (χ1v) is 6.41. The Morgan fingerprint density at radius 1 is 1.38 bits per heavy atom. The van der Waals surface area contributed by atoms with Gasteiger partial charge in [0.05, 0.1) is 0 Å². The number of nitrogens with zero attached hydrogens (tertiary/aromatic N) is 1. The van der Waals surface area contributed by atoms with Gasteiger partial charge >= 0.3 is 0 Å². The monoisotopic (exact) mass is 226 g/mol. The van der Waals surface area contributed by atoms with E-state index in [1.807, 2.05) is 0 Å². The lowest BCUT2D eigenvalue weighted by molar-refractivity contribution is -0.121. The van der Waals surface area contributed by atoms with Crippen LogP contribution in [-0.2, 0) is 4.79 Å². The maximum absolute atomic E-state index is 11.5. The molecular formula is C12H22N2O2. The standard InChI is InChI=1S/C12H22N2O2/c15-9-10-3-2-6-14(8-10)11-4-1-5-13-12(16)7-11/h10-11,15H,1-9H2,(H,13,16). The molecule has 2 N–H and O–H groups in total. The van der Waals surface area contributed by atoms with E-state index >= 15 is 0 Å². The summed E-state index contributed by atoms with van der Waals surface area (Å²) in [6.07, 6.45) is 5.11. The summed E-state index contributed by atoms with van der Waals surface area (Å²) in [6.45, 7) is 3.17. The van der Waals surface area contributed by atoms with Crippen molar-refractivity contribution >= 4 is 5.91 Å². The Morgan fingerprint density at radius 2 is 2.25 bits per heavy atom. The van der Waals surface area contributed by atoms with Crippen LogP contribution in [0.15, 0.2) is 0 Å². The number of likely N-dealkylation sites (tertiary alicyclic amines) is 1. The van der Waals surface area contributed by atoms with Crippen LogP contribution in [0.25, 0.3) is 0 Å². The highest BCUT2D eigenvalue weighted by molar-refractivity contribution is 5.76. The summed E-state index contributed by atoms with van der Waals surface area (Å²) in [7, 11) is 0. The van der Waals surface area contributed by atoms with Crippen LogP contribution in [0.3, 0.4) is 0 Å². The average molecular weight is 226 g/mol. The fraction of sp³-hybridized carbons (Fsp3) is 0.917. The van der Waals surface area contributed by atoms with Crippen molar-refractivity contribution in [2.24, 2.45) is 5.92 Å². The van der Waals surface area contributed by atoms with E-state index in [0.717, 1.165) is 45.3 Å². The highest BCUT2D eigenvalue weighted by atomic mass is 16.3. The molecule has 2 aliphatic rings. The van der Waals surface area contributed by atoms with Crippen LogP contribution >= 0.6 is 0 Å². The lowest BCUT2D eigenvalue weighted by atomic mass is 9.95. The molecule has 2 unspecified atom stereocenters. The van der Waals surface area contributed by atoms with Gasteiger partial charge in [-0.25, -0.2) is 0 Å². The lowest BCUT2D eigenvalue weighted by Crippen LogP contribution is -2.44. The summed E-state index contributed by atoms with van der Waals surface area (Å²) in [5.41, 5.74) is 0. The molecular weight excluding hydrogens is 204 g/mol. The molecule has 0 aliphatic carbocycles. The minimum atomic E-state index is 0.189. The first kappa shape index (κ1) is 11.9. The normalized spacial score (nSPS) is 33.2.